The van der Waals surface area contributed by atoms with Crippen molar-refractivity contribution in [2.45, 2.75) is 13.0 Å². The summed E-state index contributed by atoms with van der Waals surface area (Å²) in [5.41, 5.74) is 1.35. The van der Waals surface area contributed by atoms with Gasteiger partial charge in [0.05, 0.1) is 13.2 Å². The molecule has 2 saturated heterocycles. The fourth-order valence-electron chi connectivity index (χ4n) is 3.84. The van der Waals surface area contributed by atoms with Gasteiger partial charge in [-0.1, -0.05) is 30.3 Å². The molecular weight excluding hydrogens is 392 g/mol. The molecule has 2 heterocycles. The zero-order valence-corrected chi connectivity index (χ0v) is 19.1. The molecule has 8 heteroatoms. The van der Waals surface area contributed by atoms with Gasteiger partial charge in [-0.3, -0.25) is 14.6 Å². The number of aliphatic imine (C=N–C) groups is 1. The van der Waals surface area contributed by atoms with Crippen molar-refractivity contribution in [3.05, 3.63) is 35.9 Å². The second kappa shape index (κ2) is 12.6. The van der Waals surface area contributed by atoms with Crippen LogP contribution in [0.1, 0.15) is 12.0 Å². The Morgan fingerprint density at radius 2 is 1.74 bits per heavy atom. The Balaban J connectivity index is 1.48. The number of carbonyl (C=O) groups excluding carboxylic acids is 1. The van der Waals surface area contributed by atoms with Gasteiger partial charge in [-0.05, 0) is 18.5 Å². The summed E-state index contributed by atoms with van der Waals surface area (Å²) in [6.45, 7) is 10.6. The number of benzene rings is 1. The van der Waals surface area contributed by atoms with Crippen molar-refractivity contribution in [1.29, 1.82) is 0 Å². The monoisotopic (exact) mass is 430 g/mol. The SMILES string of the molecule is CN(C)C(=O)CN=C(NCCCN1CCOCC1)N1CCN(Cc2ccccc2)CC1. The molecule has 0 unspecified atom stereocenters. The smallest absolute Gasteiger partial charge is 0.243 e. The van der Waals surface area contributed by atoms with Crippen LogP contribution < -0.4 is 5.32 Å². The number of rotatable bonds is 8. The number of carbonyl (C=O) groups is 1. The quantitative estimate of drug-likeness (QED) is 0.369. The van der Waals surface area contributed by atoms with Crippen molar-refractivity contribution in [1.82, 2.24) is 24.9 Å². The maximum absolute atomic E-state index is 12.1. The highest BCUT2D eigenvalue weighted by molar-refractivity contribution is 5.84. The molecule has 31 heavy (non-hydrogen) atoms. The molecule has 0 saturated carbocycles. The Morgan fingerprint density at radius 1 is 1.03 bits per heavy atom. The Hall–Kier alpha value is -2.16. The van der Waals surface area contributed by atoms with Gasteiger partial charge >= 0.3 is 0 Å². The van der Waals surface area contributed by atoms with E-state index >= 15 is 0 Å². The van der Waals surface area contributed by atoms with Gasteiger partial charge in [-0.25, -0.2) is 4.99 Å². The molecule has 1 aromatic carbocycles. The molecule has 0 atom stereocenters. The van der Waals surface area contributed by atoms with Crippen molar-refractivity contribution in [3.63, 3.8) is 0 Å². The molecule has 1 amide bonds. The van der Waals surface area contributed by atoms with Crippen molar-refractivity contribution in [3.8, 4) is 0 Å². The first-order valence-electron chi connectivity index (χ1n) is 11.4. The van der Waals surface area contributed by atoms with Gasteiger partial charge in [0.2, 0.25) is 5.91 Å². The second-order valence-corrected chi connectivity index (χ2v) is 8.41. The first-order valence-corrected chi connectivity index (χ1v) is 11.4. The van der Waals surface area contributed by atoms with Crippen LogP contribution in [0.25, 0.3) is 0 Å². The molecule has 1 N–H and O–H groups in total. The second-order valence-electron chi connectivity index (χ2n) is 8.41. The van der Waals surface area contributed by atoms with E-state index in [1.807, 2.05) is 0 Å². The van der Waals surface area contributed by atoms with E-state index in [4.69, 9.17) is 4.74 Å². The summed E-state index contributed by atoms with van der Waals surface area (Å²) in [4.78, 5) is 25.5. The lowest BCUT2D eigenvalue weighted by Crippen LogP contribution is -2.52. The maximum atomic E-state index is 12.1. The molecule has 3 rings (SSSR count). The Kier molecular flexibility index (Phi) is 9.58. The average molecular weight is 431 g/mol. The number of hydrogen-bond donors (Lipinski definition) is 1. The molecule has 2 aliphatic heterocycles. The highest BCUT2D eigenvalue weighted by atomic mass is 16.5. The van der Waals surface area contributed by atoms with Gasteiger partial charge in [-0.2, -0.15) is 0 Å². The molecule has 0 bridgehead atoms. The minimum Gasteiger partial charge on any atom is -0.379 e. The highest BCUT2D eigenvalue weighted by Crippen LogP contribution is 2.09. The summed E-state index contributed by atoms with van der Waals surface area (Å²) in [5, 5.41) is 3.52. The fraction of sp³-hybridized carbons (Fsp3) is 0.652. The molecule has 172 valence electrons. The molecule has 0 aromatic heterocycles. The summed E-state index contributed by atoms with van der Waals surface area (Å²) in [7, 11) is 3.55. The summed E-state index contributed by atoms with van der Waals surface area (Å²) >= 11 is 0. The third-order valence-corrected chi connectivity index (χ3v) is 5.82. The molecule has 0 spiro atoms. The van der Waals surface area contributed by atoms with Crippen molar-refractivity contribution in [2.24, 2.45) is 4.99 Å². The van der Waals surface area contributed by atoms with Crippen molar-refractivity contribution < 1.29 is 9.53 Å². The number of amides is 1. The molecule has 0 aliphatic carbocycles. The number of nitrogens with zero attached hydrogens (tertiary/aromatic N) is 5. The number of piperazine rings is 1. The molecule has 2 aliphatic rings. The number of nitrogens with one attached hydrogen (secondary N) is 1. The number of likely N-dealkylation sites (N-methyl/N-ethyl adjacent to an activating group) is 1. The predicted molar refractivity (Wildman–Crippen MR) is 124 cm³/mol. The largest absolute Gasteiger partial charge is 0.379 e. The Bertz CT molecular complexity index is 683. The third-order valence-electron chi connectivity index (χ3n) is 5.82. The topological polar surface area (TPSA) is 63.7 Å². The van der Waals surface area contributed by atoms with Gasteiger partial charge in [0, 0.05) is 66.5 Å². The summed E-state index contributed by atoms with van der Waals surface area (Å²) in [5.74, 6) is 0.881. The number of ether oxygens (including phenoxy) is 1. The summed E-state index contributed by atoms with van der Waals surface area (Å²) in [6, 6.07) is 10.6. The molecule has 2 fully saturated rings. The maximum Gasteiger partial charge on any atom is 0.243 e. The van der Waals surface area contributed by atoms with Gasteiger partial charge in [0.25, 0.3) is 0 Å². The van der Waals surface area contributed by atoms with E-state index in [0.29, 0.717) is 0 Å². The van der Waals surface area contributed by atoms with Crippen LogP contribution >= 0.6 is 0 Å². The van der Waals surface area contributed by atoms with Gasteiger partial charge < -0.3 is 19.9 Å². The first-order chi connectivity index (χ1) is 15.1. The standard InChI is InChI=1S/C23H38N6O2/c1-26(2)22(30)19-25-23(24-9-6-10-27-15-17-31-18-16-27)29-13-11-28(12-14-29)20-21-7-4-3-5-8-21/h3-5,7-8H,6,9-20H2,1-2H3,(H,24,25). The van der Waals surface area contributed by atoms with E-state index < -0.39 is 0 Å². The van der Waals surface area contributed by atoms with Crippen molar-refractivity contribution >= 4 is 11.9 Å². The van der Waals surface area contributed by atoms with Crippen LogP contribution in [-0.4, -0.2) is 118 Å². The molecule has 0 radical (unpaired) electrons. The predicted octanol–water partition coefficient (Wildman–Crippen LogP) is 0.560. The zero-order valence-electron chi connectivity index (χ0n) is 19.1. The number of morpholine rings is 1. The number of hydrogen-bond acceptors (Lipinski definition) is 5. The first kappa shape index (κ1) is 23.5. The van der Waals surface area contributed by atoms with E-state index in [9.17, 15) is 4.79 Å². The lowest BCUT2D eigenvalue weighted by atomic mass is 10.2. The Labute approximate surface area is 186 Å². The van der Waals surface area contributed by atoms with Gasteiger partial charge in [0.1, 0.15) is 6.54 Å². The summed E-state index contributed by atoms with van der Waals surface area (Å²) in [6.07, 6.45) is 1.05. The van der Waals surface area contributed by atoms with E-state index in [-0.39, 0.29) is 12.5 Å². The van der Waals surface area contributed by atoms with Crippen LogP contribution in [-0.2, 0) is 16.1 Å². The molecule has 8 nitrogen and oxygen atoms in total. The van der Waals surface area contributed by atoms with Crippen LogP contribution in [0, 0.1) is 0 Å². The fourth-order valence-corrected chi connectivity index (χ4v) is 3.84. The van der Waals surface area contributed by atoms with E-state index in [2.05, 4.69) is 55.3 Å². The summed E-state index contributed by atoms with van der Waals surface area (Å²) < 4.78 is 5.42. The van der Waals surface area contributed by atoms with Crippen LogP contribution in [0.2, 0.25) is 0 Å². The number of guanidine groups is 1. The molecule has 1 aromatic rings. The van der Waals surface area contributed by atoms with Crippen LogP contribution in [0.15, 0.2) is 35.3 Å². The highest BCUT2D eigenvalue weighted by Gasteiger charge is 2.20. The zero-order chi connectivity index (χ0) is 21.9. The Morgan fingerprint density at radius 3 is 2.42 bits per heavy atom. The van der Waals surface area contributed by atoms with Crippen LogP contribution in [0.4, 0.5) is 0 Å². The van der Waals surface area contributed by atoms with E-state index in [1.165, 1.54) is 5.56 Å². The lowest BCUT2D eigenvalue weighted by molar-refractivity contribution is -0.127. The lowest BCUT2D eigenvalue weighted by Gasteiger charge is -2.36. The van der Waals surface area contributed by atoms with E-state index in [0.717, 1.165) is 84.5 Å². The van der Waals surface area contributed by atoms with Gasteiger partial charge in [0.15, 0.2) is 5.96 Å². The van der Waals surface area contributed by atoms with Crippen LogP contribution in [0.5, 0.6) is 0 Å². The normalized spacial score (nSPS) is 18.8. The van der Waals surface area contributed by atoms with E-state index in [1.54, 1.807) is 19.0 Å². The minimum atomic E-state index is 0.0235. The van der Waals surface area contributed by atoms with Crippen LogP contribution in [0.3, 0.4) is 0 Å². The van der Waals surface area contributed by atoms with Crippen molar-refractivity contribution in [2.75, 3.05) is 86.2 Å². The third kappa shape index (κ3) is 8.12. The van der Waals surface area contributed by atoms with Gasteiger partial charge in [-0.15, -0.1) is 0 Å². The molecular formula is C23H38N6O2. The average Bonchev–Trinajstić information content (AvgIpc) is 2.80. The minimum absolute atomic E-state index is 0.0235.